The molecule has 2 amide bonds. The molecule has 1 aliphatic rings. The van der Waals surface area contributed by atoms with Crippen molar-refractivity contribution in [3.63, 3.8) is 0 Å². The molecule has 1 aromatic heterocycles. The number of rotatable bonds is 2. The molecule has 1 fully saturated rings. The maximum atomic E-state index is 12.0. The van der Waals surface area contributed by atoms with Crippen molar-refractivity contribution >= 4 is 6.03 Å². The van der Waals surface area contributed by atoms with Crippen LogP contribution in [0.15, 0.2) is 12.3 Å². The van der Waals surface area contributed by atoms with Gasteiger partial charge in [0.25, 0.3) is 0 Å². The first-order valence-corrected chi connectivity index (χ1v) is 5.58. The molecule has 1 atom stereocenters. The van der Waals surface area contributed by atoms with Crippen LogP contribution in [-0.4, -0.2) is 40.4 Å². The molecule has 1 saturated heterocycles. The minimum Gasteiger partial charge on any atom is -0.329 e. The van der Waals surface area contributed by atoms with Gasteiger partial charge in [0, 0.05) is 12.7 Å². The maximum absolute atomic E-state index is 12.0. The number of hydrogen-bond donors (Lipinski definition) is 2. The zero-order valence-electron chi connectivity index (χ0n) is 9.50. The highest BCUT2D eigenvalue weighted by atomic mass is 19.4. The van der Waals surface area contributed by atoms with Crippen molar-refractivity contribution < 1.29 is 18.0 Å². The lowest BCUT2D eigenvalue weighted by Crippen LogP contribution is -2.43. The van der Waals surface area contributed by atoms with Crippen LogP contribution in [0.5, 0.6) is 0 Å². The third-order valence-corrected chi connectivity index (χ3v) is 2.83. The molecule has 0 radical (unpaired) electrons. The Hall–Kier alpha value is -1.73. The normalized spacial score (nSPS) is 20.2. The first-order valence-electron chi connectivity index (χ1n) is 5.58. The molecular weight excluding hydrogens is 249 g/mol. The number of nitrogens with zero attached hydrogens (tertiary/aromatic N) is 2. The van der Waals surface area contributed by atoms with Gasteiger partial charge in [0.1, 0.15) is 6.54 Å². The molecule has 2 rings (SSSR count). The fourth-order valence-corrected chi connectivity index (χ4v) is 2.06. The fraction of sp³-hybridized carbons (Fsp3) is 0.600. The van der Waals surface area contributed by atoms with E-state index in [2.05, 4.69) is 10.2 Å². The number of aromatic amines is 1. The molecular formula is C10H13F3N4O. The van der Waals surface area contributed by atoms with Gasteiger partial charge in [-0.25, -0.2) is 4.79 Å². The number of alkyl halides is 3. The molecule has 1 aromatic rings. The zero-order chi connectivity index (χ0) is 13.2. The van der Waals surface area contributed by atoms with E-state index < -0.39 is 18.8 Å². The Morgan fingerprint density at radius 3 is 3.00 bits per heavy atom. The average Bonchev–Trinajstić information content (AvgIpc) is 2.94. The molecule has 2 N–H and O–H groups in total. The standard InChI is InChI=1S/C10H13F3N4O/c11-10(12,13)6-14-9(18)17-5-1-2-8(17)7-3-4-15-16-7/h3-4,8H,1-2,5-6H2,(H,14,18)(H,15,16)/t8-/m1/s1. The minimum atomic E-state index is -4.39. The molecule has 0 saturated carbocycles. The van der Waals surface area contributed by atoms with Crippen molar-refractivity contribution in [2.24, 2.45) is 0 Å². The van der Waals surface area contributed by atoms with E-state index in [1.807, 2.05) is 5.32 Å². The summed E-state index contributed by atoms with van der Waals surface area (Å²) in [6.45, 7) is -0.856. The van der Waals surface area contributed by atoms with Crippen LogP contribution in [-0.2, 0) is 0 Å². The van der Waals surface area contributed by atoms with Crippen LogP contribution >= 0.6 is 0 Å². The van der Waals surface area contributed by atoms with Crippen molar-refractivity contribution in [3.8, 4) is 0 Å². The summed E-state index contributed by atoms with van der Waals surface area (Å²) in [6, 6.07) is 0.810. The van der Waals surface area contributed by atoms with Crippen LogP contribution in [0.3, 0.4) is 0 Å². The van der Waals surface area contributed by atoms with Gasteiger partial charge in [-0.3, -0.25) is 5.10 Å². The fourth-order valence-electron chi connectivity index (χ4n) is 2.06. The third-order valence-electron chi connectivity index (χ3n) is 2.83. The number of nitrogens with one attached hydrogen (secondary N) is 2. The predicted molar refractivity (Wildman–Crippen MR) is 56.7 cm³/mol. The Morgan fingerprint density at radius 2 is 2.39 bits per heavy atom. The van der Waals surface area contributed by atoms with Crippen molar-refractivity contribution in [3.05, 3.63) is 18.0 Å². The summed E-state index contributed by atoms with van der Waals surface area (Å²) >= 11 is 0. The van der Waals surface area contributed by atoms with Crippen molar-refractivity contribution in [1.29, 1.82) is 0 Å². The van der Waals surface area contributed by atoms with Crippen LogP contribution in [0.1, 0.15) is 24.6 Å². The summed E-state index contributed by atoms with van der Waals surface area (Å²) in [6.07, 6.45) is -1.34. The van der Waals surface area contributed by atoms with E-state index in [1.165, 1.54) is 4.90 Å². The Balaban J connectivity index is 1.97. The smallest absolute Gasteiger partial charge is 0.329 e. The second-order valence-electron chi connectivity index (χ2n) is 4.14. The quantitative estimate of drug-likeness (QED) is 0.854. The van der Waals surface area contributed by atoms with Crippen LogP contribution in [0, 0.1) is 0 Å². The van der Waals surface area contributed by atoms with Crippen molar-refractivity contribution in [2.75, 3.05) is 13.1 Å². The number of aromatic nitrogens is 2. The molecule has 1 aliphatic heterocycles. The number of carbonyl (C=O) groups excluding carboxylic acids is 1. The first kappa shape index (κ1) is 12.7. The van der Waals surface area contributed by atoms with E-state index in [4.69, 9.17) is 0 Å². The monoisotopic (exact) mass is 262 g/mol. The van der Waals surface area contributed by atoms with Crippen molar-refractivity contribution in [1.82, 2.24) is 20.4 Å². The summed E-state index contributed by atoms with van der Waals surface area (Å²) in [7, 11) is 0. The number of urea groups is 1. The highest BCUT2D eigenvalue weighted by molar-refractivity contribution is 5.75. The van der Waals surface area contributed by atoms with Gasteiger partial charge >= 0.3 is 12.2 Å². The molecule has 0 aliphatic carbocycles. The van der Waals surface area contributed by atoms with E-state index in [0.29, 0.717) is 6.54 Å². The first-order chi connectivity index (χ1) is 8.47. The summed E-state index contributed by atoms with van der Waals surface area (Å²) in [4.78, 5) is 13.1. The van der Waals surface area contributed by atoms with Gasteiger partial charge in [-0.2, -0.15) is 18.3 Å². The van der Waals surface area contributed by atoms with Gasteiger partial charge in [0.2, 0.25) is 0 Å². The Kier molecular flexibility index (Phi) is 3.44. The number of hydrogen-bond acceptors (Lipinski definition) is 2. The number of likely N-dealkylation sites (tertiary alicyclic amines) is 1. The van der Waals surface area contributed by atoms with E-state index >= 15 is 0 Å². The summed E-state index contributed by atoms with van der Waals surface area (Å²) < 4.78 is 36.1. The highest BCUT2D eigenvalue weighted by Crippen LogP contribution is 2.30. The molecule has 0 aromatic carbocycles. The van der Waals surface area contributed by atoms with Crippen LogP contribution < -0.4 is 5.32 Å². The Labute approximate surface area is 101 Å². The average molecular weight is 262 g/mol. The Bertz CT molecular complexity index is 404. The zero-order valence-corrected chi connectivity index (χ0v) is 9.50. The molecule has 5 nitrogen and oxygen atoms in total. The van der Waals surface area contributed by atoms with Gasteiger partial charge in [0.15, 0.2) is 0 Å². The van der Waals surface area contributed by atoms with Gasteiger partial charge in [0.05, 0.1) is 11.7 Å². The van der Waals surface area contributed by atoms with Gasteiger partial charge in [-0.15, -0.1) is 0 Å². The maximum Gasteiger partial charge on any atom is 0.405 e. The summed E-state index contributed by atoms with van der Waals surface area (Å²) in [5, 5.41) is 8.41. The van der Waals surface area contributed by atoms with E-state index in [0.717, 1.165) is 18.5 Å². The summed E-state index contributed by atoms with van der Waals surface area (Å²) in [5.74, 6) is 0. The van der Waals surface area contributed by atoms with Crippen LogP contribution in [0.25, 0.3) is 0 Å². The number of H-pyrrole nitrogens is 1. The molecule has 0 spiro atoms. The van der Waals surface area contributed by atoms with E-state index in [-0.39, 0.29) is 6.04 Å². The predicted octanol–water partition coefficient (Wildman–Crippen LogP) is 1.82. The van der Waals surface area contributed by atoms with E-state index in [1.54, 1.807) is 12.3 Å². The lowest BCUT2D eigenvalue weighted by Gasteiger charge is -2.24. The molecule has 18 heavy (non-hydrogen) atoms. The molecule has 2 heterocycles. The van der Waals surface area contributed by atoms with Crippen LogP contribution in [0.4, 0.5) is 18.0 Å². The molecule has 100 valence electrons. The Morgan fingerprint density at radius 1 is 1.61 bits per heavy atom. The van der Waals surface area contributed by atoms with Crippen molar-refractivity contribution in [2.45, 2.75) is 25.1 Å². The van der Waals surface area contributed by atoms with Gasteiger partial charge in [-0.05, 0) is 18.9 Å². The largest absolute Gasteiger partial charge is 0.405 e. The SMILES string of the molecule is O=C(NCC(F)(F)F)N1CCC[C@@H]1c1ccn[nH]1. The molecule has 0 bridgehead atoms. The number of amides is 2. The number of halogens is 3. The molecule has 0 unspecified atom stereocenters. The van der Waals surface area contributed by atoms with Crippen LogP contribution in [0.2, 0.25) is 0 Å². The topological polar surface area (TPSA) is 61.0 Å². The highest BCUT2D eigenvalue weighted by Gasteiger charge is 2.33. The van der Waals surface area contributed by atoms with Gasteiger partial charge in [-0.1, -0.05) is 0 Å². The van der Waals surface area contributed by atoms with Gasteiger partial charge < -0.3 is 10.2 Å². The minimum absolute atomic E-state index is 0.222. The molecule has 8 heteroatoms. The lowest BCUT2D eigenvalue weighted by atomic mass is 10.1. The lowest BCUT2D eigenvalue weighted by molar-refractivity contribution is -0.123. The summed E-state index contributed by atoms with van der Waals surface area (Å²) in [5.41, 5.74) is 0.745. The second-order valence-corrected chi connectivity index (χ2v) is 4.14. The second kappa shape index (κ2) is 4.87. The van der Waals surface area contributed by atoms with E-state index in [9.17, 15) is 18.0 Å². The third kappa shape index (κ3) is 2.93. The number of carbonyl (C=O) groups is 1.